The summed E-state index contributed by atoms with van der Waals surface area (Å²) in [5.41, 5.74) is 0.763. The number of nitro groups is 1. The lowest BCUT2D eigenvalue weighted by atomic mass is 9.99. The third-order valence-corrected chi connectivity index (χ3v) is 4.02. The second-order valence-corrected chi connectivity index (χ2v) is 5.84. The minimum atomic E-state index is -0.289. The number of aromatic nitrogens is 2. The van der Waals surface area contributed by atoms with E-state index in [1.54, 1.807) is 11.7 Å². The van der Waals surface area contributed by atoms with Crippen LogP contribution in [0.4, 0.5) is 11.5 Å². The molecule has 1 fully saturated rings. The van der Waals surface area contributed by atoms with E-state index in [-0.39, 0.29) is 10.6 Å². The molecule has 2 rings (SSSR count). The molecule has 0 saturated carbocycles. The van der Waals surface area contributed by atoms with Gasteiger partial charge in [-0.2, -0.15) is 5.10 Å². The molecule has 21 heavy (non-hydrogen) atoms. The first-order valence-corrected chi connectivity index (χ1v) is 7.66. The van der Waals surface area contributed by atoms with Gasteiger partial charge in [0.1, 0.15) is 5.69 Å². The number of rotatable bonds is 6. The van der Waals surface area contributed by atoms with Gasteiger partial charge < -0.3 is 10.2 Å². The van der Waals surface area contributed by atoms with Crippen molar-refractivity contribution < 1.29 is 4.92 Å². The van der Waals surface area contributed by atoms with Gasteiger partial charge in [0.15, 0.2) is 0 Å². The molecule has 1 atom stereocenters. The number of piperidine rings is 1. The van der Waals surface area contributed by atoms with Crippen LogP contribution in [0.3, 0.4) is 0 Å². The third kappa shape index (κ3) is 3.53. The molecule has 118 valence electrons. The quantitative estimate of drug-likeness (QED) is 0.639. The number of hydrogen-bond acceptors (Lipinski definition) is 5. The van der Waals surface area contributed by atoms with Crippen LogP contribution in [-0.2, 0) is 13.5 Å². The van der Waals surface area contributed by atoms with Crippen LogP contribution >= 0.6 is 0 Å². The van der Waals surface area contributed by atoms with Crippen LogP contribution in [0.2, 0.25) is 0 Å². The molecule has 1 unspecified atom stereocenters. The maximum Gasteiger partial charge on any atom is 0.334 e. The third-order valence-electron chi connectivity index (χ3n) is 4.02. The van der Waals surface area contributed by atoms with Crippen molar-refractivity contribution in [2.75, 3.05) is 31.6 Å². The summed E-state index contributed by atoms with van der Waals surface area (Å²) in [6.45, 7) is 4.89. The van der Waals surface area contributed by atoms with Crippen molar-refractivity contribution in [3.63, 3.8) is 0 Å². The molecule has 1 saturated heterocycles. The summed E-state index contributed by atoms with van der Waals surface area (Å²) in [4.78, 5) is 13.1. The smallest absolute Gasteiger partial charge is 0.334 e. The van der Waals surface area contributed by atoms with E-state index in [4.69, 9.17) is 0 Å². The zero-order valence-electron chi connectivity index (χ0n) is 13.1. The topological polar surface area (TPSA) is 76.2 Å². The van der Waals surface area contributed by atoms with Gasteiger partial charge in [0.25, 0.3) is 0 Å². The fourth-order valence-electron chi connectivity index (χ4n) is 3.13. The first-order valence-electron chi connectivity index (χ1n) is 7.66. The van der Waals surface area contributed by atoms with Gasteiger partial charge in [0, 0.05) is 20.6 Å². The molecule has 2 heterocycles. The second kappa shape index (κ2) is 6.89. The van der Waals surface area contributed by atoms with Crippen LogP contribution in [0, 0.1) is 16.0 Å². The van der Waals surface area contributed by atoms with Gasteiger partial charge in [0.05, 0.1) is 4.92 Å². The molecule has 1 aromatic rings. The normalized spacial score (nSPS) is 18.7. The van der Waals surface area contributed by atoms with Crippen molar-refractivity contribution in [1.82, 2.24) is 15.1 Å². The van der Waals surface area contributed by atoms with Crippen LogP contribution in [0.25, 0.3) is 0 Å². The summed E-state index contributed by atoms with van der Waals surface area (Å²) in [5.74, 6) is 1.15. The van der Waals surface area contributed by atoms with E-state index in [2.05, 4.69) is 10.4 Å². The van der Waals surface area contributed by atoms with E-state index >= 15 is 0 Å². The number of anilines is 1. The highest BCUT2D eigenvalue weighted by Gasteiger charge is 2.29. The molecule has 0 amide bonds. The van der Waals surface area contributed by atoms with Crippen LogP contribution < -0.4 is 10.2 Å². The average molecular weight is 295 g/mol. The Morgan fingerprint density at radius 3 is 2.90 bits per heavy atom. The molecule has 1 aromatic heterocycles. The average Bonchev–Trinajstić information content (AvgIpc) is 2.77. The minimum absolute atomic E-state index is 0.172. The zero-order chi connectivity index (χ0) is 15.4. The Bertz CT molecular complexity index is 494. The summed E-state index contributed by atoms with van der Waals surface area (Å²) in [7, 11) is 3.71. The van der Waals surface area contributed by atoms with Gasteiger partial charge in [0.2, 0.25) is 5.82 Å². The standard InChI is InChI=1S/C14H25N5O2/c1-4-6-12-13(19(20)21)14(18(3)16-12)17(2)10-11-7-5-8-15-9-11/h11,15H,4-10H2,1-3H3. The second-order valence-electron chi connectivity index (χ2n) is 5.84. The summed E-state index contributed by atoms with van der Waals surface area (Å²) in [6.07, 6.45) is 3.84. The molecule has 0 bridgehead atoms. The first-order chi connectivity index (χ1) is 10.0. The van der Waals surface area contributed by atoms with E-state index in [9.17, 15) is 10.1 Å². The molecule has 1 aliphatic heterocycles. The van der Waals surface area contributed by atoms with Crippen LogP contribution in [0.15, 0.2) is 0 Å². The van der Waals surface area contributed by atoms with Gasteiger partial charge in [-0.1, -0.05) is 13.3 Å². The molecular weight excluding hydrogens is 270 g/mol. The maximum absolute atomic E-state index is 11.4. The molecule has 7 nitrogen and oxygen atoms in total. The molecule has 0 aromatic carbocycles. The highest BCUT2D eigenvalue weighted by Crippen LogP contribution is 2.32. The van der Waals surface area contributed by atoms with Crippen molar-refractivity contribution in [2.24, 2.45) is 13.0 Å². The Hall–Kier alpha value is -1.63. The summed E-state index contributed by atoms with van der Waals surface area (Å²) >= 11 is 0. The number of aryl methyl sites for hydroxylation is 2. The van der Waals surface area contributed by atoms with E-state index in [1.807, 2.05) is 18.9 Å². The lowest BCUT2D eigenvalue weighted by Crippen LogP contribution is -2.37. The zero-order valence-corrected chi connectivity index (χ0v) is 13.1. The van der Waals surface area contributed by atoms with Gasteiger partial charge in [-0.3, -0.25) is 10.1 Å². The largest absolute Gasteiger partial charge is 0.354 e. The van der Waals surface area contributed by atoms with E-state index in [0.717, 1.165) is 26.1 Å². The van der Waals surface area contributed by atoms with Crippen molar-refractivity contribution in [3.8, 4) is 0 Å². The highest BCUT2D eigenvalue weighted by molar-refractivity contribution is 5.61. The molecule has 1 N–H and O–H groups in total. The van der Waals surface area contributed by atoms with E-state index in [1.165, 1.54) is 12.8 Å². The van der Waals surface area contributed by atoms with Gasteiger partial charge in [-0.05, 0) is 38.3 Å². The molecular formula is C14H25N5O2. The van der Waals surface area contributed by atoms with Crippen LogP contribution in [0.5, 0.6) is 0 Å². The summed E-state index contributed by atoms with van der Waals surface area (Å²) in [6, 6.07) is 0. The highest BCUT2D eigenvalue weighted by atomic mass is 16.6. The van der Waals surface area contributed by atoms with E-state index < -0.39 is 0 Å². The lowest BCUT2D eigenvalue weighted by molar-refractivity contribution is -0.384. The molecule has 7 heteroatoms. The predicted octanol–water partition coefficient (Wildman–Crippen LogP) is 1.72. The van der Waals surface area contributed by atoms with Gasteiger partial charge >= 0.3 is 5.69 Å². The first kappa shape index (κ1) is 15.8. The Morgan fingerprint density at radius 1 is 1.57 bits per heavy atom. The number of hydrogen-bond donors (Lipinski definition) is 1. The fraction of sp³-hybridized carbons (Fsp3) is 0.786. The Morgan fingerprint density at radius 2 is 2.33 bits per heavy atom. The minimum Gasteiger partial charge on any atom is -0.354 e. The predicted molar refractivity (Wildman–Crippen MR) is 82.7 cm³/mol. The SMILES string of the molecule is CCCc1nn(C)c(N(C)CC2CCCNC2)c1[N+](=O)[O-]. The lowest BCUT2D eigenvalue weighted by Gasteiger charge is -2.28. The van der Waals surface area contributed by atoms with Gasteiger partial charge in [-0.25, -0.2) is 4.68 Å². The Labute approximate surface area is 125 Å². The van der Waals surface area contributed by atoms with Crippen molar-refractivity contribution >= 4 is 11.5 Å². The fourth-order valence-corrected chi connectivity index (χ4v) is 3.13. The molecule has 1 aliphatic rings. The Kier molecular flexibility index (Phi) is 5.17. The van der Waals surface area contributed by atoms with E-state index in [0.29, 0.717) is 23.9 Å². The van der Waals surface area contributed by atoms with Gasteiger partial charge in [-0.15, -0.1) is 0 Å². The maximum atomic E-state index is 11.4. The van der Waals surface area contributed by atoms with Crippen LogP contribution in [0.1, 0.15) is 31.9 Å². The number of nitrogens with one attached hydrogen (secondary N) is 1. The van der Waals surface area contributed by atoms with Crippen molar-refractivity contribution in [1.29, 1.82) is 0 Å². The molecule has 0 radical (unpaired) electrons. The summed E-state index contributed by atoms with van der Waals surface area (Å²) < 4.78 is 1.65. The Balaban J connectivity index is 2.22. The van der Waals surface area contributed by atoms with Crippen LogP contribution in [-0.4, -0.2) is 41.4 Å². The number of nitrogens with zero attached hydrogens (tertiary/aromatic N) is 4. The monoisotopic (exact) mass is 295 g/mol. The van der Waals surface area contributed by atoms with Crippen molar-refractivity contribution in [2.45, 2.75) is 32.6 Å². The summed E-state index contributed by atoms with van der Waals surface area (Å²) in [5, 5.41) is 19.2. The molecule has 0 aliphatic carbocycles. The molecule has 0 spiro atoms. The van der Waals surface area contributed by atoms with Crippen molar-refractivity contribution in [3.05, 3.63) is 15.8 Å².